The molecule has 0 spiro atoms. The Bertz CT molecular complexity index is 560. The maximum absolute atomic E-state index is 10.7. The third-order valence-electron chi connectivity index (χ3n) is 1.99. The van der Waals surface area contributed by atoms with E-state index in [0.29, 0.717) is 5.82 Å². The van der Waals surface area contributed by atoms with Gasteiger partial charge < -0.3 is 10.4 Å². The Balaban J connectivity index is 2.28. The zero-order valence-electron chi connectivity index (χ0n) is 8.59. The van der Waals surface area contributed by atoms with Gasteiger partial charge in [0.2, 0.25) is 0 Å². The Kier molecular flexibility index (Phi) is 3.34. The molecule has 0 unspecified atom stereocenters. The molecule has 17 heavy (non-hydrogen) atoms. The van der Waals surface area contributed by atoms with E-state index in [1.807, 2.05) is 24.3 Å². The third-order valence-corrected chi connectivity index (χ3v) is 2.68. The second-order valence-electron chi connectivity index (χ2n) is 3.20. The van der Waals surface area contributed by atoms with E-state index in [4.69, 9.17) is 5.11 Å². The van der Waals surface area contributed by atoms with Gasteiger partial charge in [-0.05, 0) is 28.1 Å². The number of carboxylic acid groups (broad SMARTS) is 1. The zero-order valence-corrected chi connectivity index (χ0v) is 10.2. The maximum Gasteiger partial charge on any atom is 0.356 e. The molecular weight excluding hydrogens is 286 g/mol. The predicted octanol–water partition coefficient (Wildman–Crippen LogP) is 2.68. The second kappa shape index (κ2) is 4.92. The Morgan fingerprint density at radius 1 is 1.29 bits per heavy atom. The number of aromatic nitrogens is 2. The van der Waals surface area contributed by atoms with Gasteiger partial charge in [0.1, 0.15) is 5.82 Å². The molecule has 5 nitrogen and oxygen atoms in total. The van der Waals surface area contributed by atoms with Crippen LogP contribution < -0.4 is 5.32 Å². The first kappa shape index (κ1) is 11.5. The van der Waals surface area contributed by atoms with E-state index < -0.39 is 5.97 Å². The highest BCUT2D eigenvalue weighted by atomic mass is 79.9. The number of anilines is 2. The normalized spacial score (nSPS) is 9.94. The average Bonchev–Trinajstić information content (AvgIpc) is 2.32. The number of aromatic carboxylic acids is 1. The van der Waals surface area contributed by atoms with Crippen LogP contribution in [0.15, 0.2) is 41.1 Å². The molecule has 1 heterocycles. The Morgan fingerprint density at radius 3 is 2.76 bits per heavy atom. The van der Waals surface area contributed by atoms with Crippen LogP contribution in [0.25, 0.3) is 0 Å². The molecule has 0 radical (unpaired) electrons. The molecule has 0 aliphatic rings. The van der Waals surface area contributed by atoms with Crippen LogP contribution in [0.5, 0.6) is 0 Å². The van der Waals surface area contributed by atoms with Gasteiger partial charge in [-0.15, -0.1) is 0 Å². The van der Waals surface area contributed by atoms with Crippen molar-refractivity contribution >= 4 is 33.4 Å². The van der Waals surface area contributed by atoms with Crippen LogP contribution in [0.1, 0.15) is 10.5 Å². The van der Waals surface area contributed by atoms with Gasteiger partial charge in [-0.25, -0.2) is 9.78 Å². The standard InChI is InChI=1S/C11H8BrN3O2/c12-7-3-1-2-4-8(7)14-10-6-13-5-9(15-10)11(16)17/h1-6H,(H,14,15)(H,16,17). The Labute approximate surface area is 106 Å². The van der Waals surface area contributed by atoms with E-state index in [-0.39, 0.29) is 5.69 Å². The van der Waals surface area contributed by atoms with Crippen molar-refractivity contribution < 1.29 is 9.90 Å². The van der Waals surface area contributed by atoms with E-state index in [0.717, 1.165) is 10.2 Å². The topological polar surface area (TPSA) is 75.1 Å². The Hall–Kier alpha value is -1.95. The highest BCUT2D eigenvalue weighted by Crippen LogP contribution is 2.24. The van der Waals surface area contributed by atoms with Gasteiger partial charge in [0.05, 0.1) is 18.1 Å². The summed E-state index contributed by atoms with van der Waals surface area (Å²) in [6, 6.07) is 7.46. The van der Waals surface area contributed by atoms with Crippen molar-refractivity contribution in [1.29, 1.82) is 0 Å². The van der Waals surface area contributed by atoms with Crippen LogP contribution in [-0.4, -0.2) is 21.0 Å². The molecular formula is C11H8BrN3O2. The van der Waals surface area contributed by atoms with Crippen molar-refractivity contribution in [2.45, 2.75) is 0 Å². The lowest BCUT2D eigenvalue weighted by atomic mass is 10.3. The third kappa shape index (κ3) is 2.79. The minimum Gasteiger partial charge on any atom is -0.476 e. The van der Waals surface area contributed by atoms with Crippen LogP contribution in [0.3, 0.4) is 0 Å². The lowest BCUT2D eigenvalue weighted by Gasteiger charge is -2.07. The average molecular weight is 294 g/mol. The summed E-state index contributed by atoms with van der Waals surface area (Å²) in [5.41, 5.74) is 0.700. The molecule has 0 aliphatic carbocycles. The van der Waals surface area contributed by atoms with Crippen molar-refractivity contribution in [3.8, 4) is 0 Å². The minimum atomic E-state index is -1.10. The van der Waals surface area contributed by atoms with Gasteiger partial charge in [-0.1, -0.05) is 12.1 Å². The number of carbonyl (C=O) groups is 1. The smallest absolute Gasteiger partial charge is 0.356 e. The predicted molar refractivity (Wildman–Crippen MR) is 66.4 cm³/mol. The molecule has 0 saturated carbocycles. The minimum absolute atomic E-state index is 0.0953. The number of nitrogens with zero attached hydrogens (tertiary/aromatic N) is 2. The Morgan fingerprint density at radius 2 is 2.06 bits per heavy atom. The molecule has 1 aromatic heterocycles. The van der Waals surface area contributed by atoms with Crippen molar-refractivity contribution in [1.82, 2.24) is 9.97 Å². The number of carboxylic acids is 1. The molecule has 86 valence electrons. The molecule has 0 saturated heterocycles. The fourth-order valence-electron chi connectivity index (χ4n) is 1.23. The summed E-state index contributed by atoms with van der Waals surface area (Å²) in [5.74, 6) is -0.718. The van der Waals surface area contributed by atoms with E-state index in [9.17, 15) is 4.79 Å². The molecule has 0 atom stereocenters. The van der Waals surface area contributed by atoms with E-state index in [1.54, 1.807) is 0 Å². The molecule has 0 bridgehead atoms. The van der Waals surface area contributed by atoms with Crippen LogP contribution in [0, 0.1) is 0 Å². The van der Waals surface area contributed by atoms with Crippen LogP contribution >= 0.6 is 15.9 Å². The summed E-state index contributed by atoms with van der Waals surface area (Å²) in [6.45, 7) is 0. The quantitative estimate of drug-likeness (QED) is 0.910. The van der Waals surface area contributed by atoms with Gasteiger partial charge in [0.15, 0.2) is 5.69 Å². The lowest BCUT2D eigenvalue weighted by Crippen LogP contribution is -2.04. The summed E-state index contributed by atoms with van der Waals surface area (Å²) in [5, 5.41) is 11.8. The summed E-state index contributed by atoms with van der Waals surface area (Å²) < 4.78 is 0.863. The first-order valence-electron chi connectivity index (χ1n) is 4.74. The number of hydrogen-bond donors (Lipinski definition) is 2. The largest absolute Gasteiger partial charge is 0.476 e. The molecule has 0 aliphatic heterocycles. The van der Waals surface area contributed by atoms with Crippen molar-refractivity contribution in [2.24, 2.45) is 0 Å². The van der Waals surface area contributed by atoms with Crippen molar-refractivity contribution in [3.05, 3.63) is 46.8 Å². The summed E-state index contributed by atoms with van der Waals surface area (Å²) >= 11 is 3.37. The van der Waals surface area contributed by atoms with Gasteiger partial charge >= 0.3 is 5.97 Å². The molecule has 2 rings (SSSR count). The molecule has 0 fully saturated rings. The number of halogens is 1. The number of hydrogen-bond acceptors (Lipinski definition) is 4. The van der Waals surface area contributed by atoms with Crippen LogP contribution in [0.2, 0.25) is 0 Å². The summed E-state index contributed by atoms with van der Waals surface area (Å²) in [6.07, 6.45) is 2.67. The number of benzene rings is 1. The van der Waals surface area contributed by atoms with Crippen molar-refractivity contribution in [2.75, 3.05) is 5.32 Å². The lowest BCUT2D eigenvalue weighted by molar-refractivity contribution is 0.0690. The molecule has 2 N–H and O–H groups in total. The van der Waals surface area contributed by atoms with Crippen LogP contribution in [0.4, 0.5) is 11.5 Å². The van der Waals surface area contributed by atoms with Gasteiger partial charge in [0, 0.05) is 4.47 Å². The van der Waals surface area contributed by atoms with E-state index in [2.05, 4.69) is 31.2 Å². The van der Waals surface area contributed by atoms with Crippen LogP contribution in [-0.2, 0) is 0 Å². The highest BCUT2D eigenvalue weighted by molar-refractivity contribution is 9.10. The number of rotatable bonds is 3. The fourth-order valence-corrected chi connectivity index (χ4v) is 1.61. The number of nitrogens with one attached hydrogen (secondary N) is 1. The molecule has 0 amide bonds. The number of para-hydroxylation sites is 1. The van der Waals surface area contributed by atoms with E-state index >= 15 is 0 Å². The maximum atomic E-state index is 10.7. The van der Waals surface area contributed by atoms with E-state index in [1.165, 1.54) is 12.4 Å². The van der Waals surface area contributed by atoms with Gasteiger partial charge in [-0.2, -0.15) is 0 Å². The molecule has 1 aromatic carbocycles. The highest BCUT2D eigenvalue weighted by Gasteiger charge is 2.06. The molecule has 2 aromatic rings. The first-order chi connectivity index (χ1) is 8.16. The summed E-state index contributed by atoms with van der Waals surface area (Å²) in [4.78, 5) is 18.5. The monoisotopic (exact) mass is 293 g/mol. The SMILES string of the molecule is O=C(O)c1cncc(Nc2ccccc2Br)n1. The summed E-state index contributed by atoms with van der Waals surface area (Å²) in [7, 11) is 0. The van der Waals surface area contributed by atoms with Gasteiger partial charge in [-0.3, -0.25) is 4.98 Å². The fraction of sp³-hybridized carbons (Fsp3) is 0. The second-order valence-corrected chi connectivity index (χ2v) is 4.05. The van der Waals surface area contributed by atoms with Crippen molar-refractivity contribution in [3.63, 3.8) is 0 Å². The first-order valence-corrected chi connectivity index (χ1v) is 5.53. The zero-order chi connectivity index (χ0) is 12.3. The van der Waals surface area contributed by atoms with Gasteiger partial charge in [0.25, 0.3) is 0 Å². The molecule has 6 heteroatoms.